The number of fused-ring (bicyclic) bond motifs is 1. The molecule has 2 aliphatic rings. The van der Waals surface area contributed by atoms with Crippen LogP contribution in [-0.4, -0.2) is 48.1 Å². The summed E-state index contributed by atoms with van der Waals surface area (Å²) in [5, 5.41) is 0. The zero-order valence-corrected chi connectivity index (χ0v) is 16.6. The monoisotopic (exact) mass is 395 g/mol. The van der Waals surface area contributed by atoms with Crippen molar-refractivity contribution in [1.82, 2.24) is 4.90 Å². The highest BCUT2D eigenvalue weighted by atomic mass is 32.2. The molecular formula is C22H25N3O2S. The largest absolute Gasteiger partial charge is 0.340 e. The van der Waals surface area contributed by atoms with Crippen LogP contribution in [0.4, 0.5) is 5.69 Å². The molecule has 0 saturated carbocycles. The second-order valence-corrected chi connectivity index (χ2v) is 8.48. The van der Waals surface area contributed by atoms with Crippen LogP contribution in [0.15, 0.2) is 59.5 Å². The molecule has 2 heterocycles. The van der Waals surface area contributed by atoms with Gasteiger partial charge in [0.1, 0.15) is 0 Å². The van der Waals surface area contributed by atoms with E-state index in [0.717, 1.165) is 16.3 Å². The second-order valence-electron chi connectivity index (χ2n) is 7.34. The third-order valence-electron chi connectivity index (χ3n) is 5.53. The van der Waals surface area contributed by atoms with E-state index < -0.39 is 0 Å². The van der Waals surface area contributed by atoms with Crippen molar-refractivity contribution in [3.63, 3.8) is 0 Å². The Labute approximate surface area is 169 Å². The smallest absolute Gasteiger partial charge is 0.227 e. The number of para-hydroxylation sites is 1. The van der Waals surface area contributed by atoms with Gasteiger partial charge in [-0.15, -0.1) is 11.8 Å². The van der Waals surface area contributed by atoms with E-state index in [9.17, 15) is 9.59 Å². The van der Waals surface area contributed by atoms with E-state index in [2.05, 4.69) is 12.1 Å². The molecule has 28 heavy (non-hydrogen) atoms. The molecule has 6 heteroatoms. The molecule has 0 spiro atoms. The van der Waals surface area contributed by atoms with Crippen LogP contribution in [0.25, 0.3) is 0 Å². The summed E-state index contributed by atoms with van der Waals surface area (Å²) in [6.45, 7) is 1.87. The summed E-state index contributed by atoms with van der Waals surface area (Å²) in [5.41, 5.74) is 8.43. The summed E-state index contributed by atoms with van der Waals surface area (Å²) in [6, 6.07) is 18.0. The topological polar surface area (TPSA) is 66.6 Å². The van der Waals surface area contributed by atoms with E-state index in [0.29, 0.717) is 19.6 Å². The van der Waals surface area contributed by atoms with Gasteiger partial charge in [-0.2, -0.15) is 0 Å². The van der Waals surface area contributed by atoms with Crippen molar-refractivity contribution < 1.29 is 9.59 Å². The highest BCUT2D eigenvalue weighted by Gasteiger charge is 2.34. The lowest BCUT2D eigenvalue weighted by Crippen LogP contribution is -2.37. The minimum Gasteiger partial charge on any atom is -0.340 e. The molecule has 1 fully saturated rings. The second kappa shape index (κ2) is 8.37. The number of thioether (sulfide) groups is 1. The summed E-state index contributed by atoms with van der Waals surface area (Å²) in [5.74, 6) is 1.08. The third-order valence-corrected chi connectivity index (χ3v) is 6.57. The summed E-state index contributed by atoms with van der Waals surface area (Å²) in [6.07, 6.45) is 0.471. The fraction of sp³-hybridized carbons (Fsp3) is 0.364. The molecule has 2 atom stereocenters. The Morgan fingerprint density at radius 1 is 0.964 bits per heavy atom. The Balaban J connectivity index is 1.34. The summed E-state index contributed by atoms with van der Waals surface area (Å²) in [7, 11) is 0. The van der Waals surface area contributed by atoms with Crippen LogP contribution in [0.1, 0.15) is 24.3 Å². The molecule has 1 saturated heterocycles. The Morgan fingerprint density at radius 2 is 1.68 bits per heavy atom. The van der Waals surface area contributed by atoms with Gasteiger partial charge in [0.15, 0.2) is 0 Å². The van der Waals surface area contributed by atoms with Crippen LogP contribution in [0.5, 0.6) is 0 Å². The number of amides is 2. The number of hydrogen-bond acceptors (Lipinski definition) is 4. The van der Waals surface area contributed by atoms with Crippen molar-refractivity contribution in [3.8, 4) is 0 Å². The standard InChI is InChI=1S/C22H25N3O2S/c23-18-15-24(14-17(18)16-6-2-1-3-7-16)21(26)10-11-22(27)25-12-13-28-20-9-5-4-8-19(20)25/h1-9,17-18H,10-15,23H2/t17-,18+/m0/s1. The Bertz CT molecular complexity index is 858. The van der Waals surface area contributed by atoms with Crippen molar-refractivity contribution in [1.29, 1.82) is 0 Å². The molecule has 2 N–H and O–H groups in total. The molecular weight excluding hydrogens is 370 g/mol. The molecule has 0 bridgehead atoms. The summed E-state index contributed by atoms with van der Waals surface area (Å²) < 4.78 is 0. The van der Waals surface area contributed by atoms with Crippen molar-refractivity contribution >= 4 is 29.3 Å². The number of carbonyl (C=O) groups excluding carboxylic acids is 2. The Hall–Kier alpha value is -2.31. The molecule has 2 aromatic rings. The molecule has 146 valence electrons. The predicted molar refractivity (Wildman–Crippen MR) is 112 cm³/mol. The molecule has 0 aliphatic carbocycles. The number of likely N-dealkylation sites (tertiary alicyclic amines) is 1. The van der Waals surface area contributed by atoms with Gasteiger partial charge in [-0.05, 0) is 17.7 Å². The summed E-state index contributed by atoms with van der Waals surface area (Å²) >= 11 is 1.77. The minimum atomic E-state index is -0.0620. The molecule has 0 radical (unpaired) electrons. The minimum absolute atomic E-state index is 0.0156. The maximum absolute atomic E-state index is 12.8. The van der Waals surface area contributed by atoms with Gasteiger partial charge in [-0.3, -0.25) is 9.59 Å². The van der Waals surface area contributed by atoms with Crippen LogP contribution < -0.4 is 10.6 Å². The molecule has 0 unspecified atom stereocenters. The van der Waals surface area contributed by atoms with E-state index in [1.54, 1.807) is 11.8 Å². The van der Waals surface area contributed by atoms with Gasteiger partial charge in [-0.1, -0.05) is 42.5 Å². The van der Waals surface area contributed by atoms with E-state index in [-0.39, 0.29) is 36.6 Å². The Kier molecular flexibility index (Phi) is 5.69. The highest BCUT2D eigenvalue weighted by molar-refractivity contribution is 7.99. The normalized spacial score (nSPS) is 21.5. The fourth-order valence-corrected chi connectivity index (χ4v) is 5.02. The van der Waals surface area contributed by atoms with Crippen LogP contribution in [-0.2, 0) is 9.59 Å². The number of benzene rings is 2. The lowest BCUT2D eigenvalue weighted by molar-refractivity contribution is -0.132. The average molecular weight is 396 g/mol. The van der Waals surface area contributed by atoms with E-state index in [4.69, 9.17) is 5.73 Å². The van der Waals surface area contributed by atoms with Crippen LogP contribution in [0.3, 0.4) is 0 Å². The molecule has 0 aromatic heterocycles. The van der Waals surface area contributed by atoms with E-state index >= 15 is 0 Å². The lowest BCUT2D eigenvalue weighted by Gasteiger charge is -2.29. The van der Waals surface area contributed by atoms with Crippen molar-refractivity contribution in [3.05, 3.63) is 60.2 Å². The summed E-state index contributed by atoms with van der Waals surface area (Å²) in [4.78, 5) is 30.2. The van der Waals surface area contributed by atoms with Gasteiger partial charge in [0.2, 0.25) is 11.8 Å². The van der Waals surface area contributed by atoms with Crippen molar-refractivity contribution in [2.75, 3.05) is 30.3 Å². The SMILES string of the molecule is N[C@@H]1CN(C(=O)CCC(=O)N2CCSc3ccccc32)C[C@H]1c1ccccc1. The average Bonchev–Trinajstić information content (AvgIpc) is 3.13. The number of rotatable bonds is 4. The maximum Gasteiger partial charge on any atom is 0.227 e. The zero-order valence-electron chi connectivity index (χ0n) is 15.8. The van der Waals surface area contributed by atoms with Gasteiger partial charge < -0.3 is 15.5 Å². The lowest BCUT2D eigenvalue weighted by atomic mass is 9.95. The Morgan fingerprint density at radius 3 is 2.50 bits per heavy atom. The number of hydrogen-bond donors (Lipinski definition) is 1. The fourth-order valence-electron chi connectivity index (χ4n) is 4.02. The van der Waals surface area contributed by atoms with Crippen molar-refractivity contribution in [2.24, 2.45) is 5.73 Å². The first kappa shape index (κ1) is 19.0. The first-order chi connectivity index (χ1) is 13.6. The van der Waals surface area contributed by atoms with Gasteiger partial charge in [0.25, 0.3) is 0 Å². The highest BCUT2D eigenvalue weighted by Crippen LogP contribution is 2.34. The van der Waals surface area contributed by atoms with E-state index in [1.807, 2.05) is 52.3 Å². The number of carbonyl (C=O) groups is 2. The molecule has 4 rings (SSSR count). The van der Waals surface area contributed by atoms with Gasteiger partial charge in [0.05, 0.1) is 5.69 Å². The predicted octanol–water partition coefficient (Wildman–Crippen LogP) is 2.86. The van der Waals surface area contributed by atoms with E-state index in [1.165, 1.54) is 5.56 Å². The van der Waals surface area contributed by atoms with Gasteiger partial charge in [0, 0.05) is 55.1 Å². The van der Waals surface area contributed by atoms with Crippen LogP contribution in [0.2, 0.25) is 0 Å². The van der Waals surface area contributed by atoms with Gasteiger partial charge >= 0.3 is 0 Å². The maximum atomic E-state index is 12.8. The molecule has 5 nitrogen and oxygen atoms in total. The molecule has 2 amide bonds. The van der Waals surface area contributed by atoms with Crippen LogP contribution >= 0.6 is 11.8 Å². The quantitative estimate of drug-likeness (QED) is 0.865. The third kappa shape index (κ3) is 3.93. The molecule has 2 aliphatic heterocycles. The number of nitrogens with zero attached hydrogens (tertiary/aromatic N) is 2. The van der Waals surface area contributed by atoms with Gasteiger partial charge in [-0.25, -0.2) is 0 Å². The number of nitrogens with two attached hydrogens (primary N) is 1. The van der Waals surface area contributed by atoms with Crippen molar-refractivity contribution in [2.45, 2.75) is 29.7 Å². The first-order valence-electron chi connectivity index (χ1n) is 9.74. The molecule has 2 aromatic carbocycles. The number of anilines is 1. The zero-order chi connectivity index (χ0) is 19.5. The first-order valence-corrected chi connectivity index (χ1v) is 10.7. The van der Waals surface area contributed by atoms with Crippen LogP contribution in [0, 0.1) is 0 Å².